The van der Waals surface area contributed by atoms with E-state index in [-0.39, 0.29) is 6.04 Å². The molecule has 1 heterocycles. The highest BCUT2D eigenvalue weighted by Crippen LogP contribution is 2.29. The fraction of sp³-hybridized carbons (Fsp3) is 0.444. The van der Waals surface area contributed by atoms with Crippen LogP contribution in [0.3, 0.4) is 0 Å². The largest absolute Gasteiger partial charge is 0.469 e. The number of furan rings is 1. The second-order valence-corrected chi connectivity index (χ2v) is 5.11. The highest BCUT2D eigenvalue weighted by atomic mass is 16.3. The first kappa shape index (κ1) is 14.9. The molecular formula is C18H25NO. The van der Waals surface area contributed by atoms with Crippen molar-refractivity contribution < 1.29 is 4.42 Å². The second kappa shape index (κ2) is 6.76. The predicted octanol–water partition coefficient (Wildman–Crippen LogP) is 4.28. The van der Waals surface area contributed by atoms with Gasteiger partial charge >= 0.3 is 0 Å². The van der Waals surface area contributed by atoms with Gasteiger partial charge in [-0.25, -0.2) is 0 Å². The summed E-state index contributed by atoms with van der Waals surface area (Å²) in [5.74, 6) is 1.08. The Bertz CT molecular complexity index is 556. The van der Waals surface area contributed by atoms with E-state index < -0.39 is 0 Å². The van der Waals surface area contributed by atoms with E-state index in [1.807, 2.05) is 7.05 Å². The van der Waals surface area contributed by atoms with E-state index in [1.165, 1.54) is 22.3 Å². The maximum atomic E-state index is 5.61. The van der Waals surface area contributed by atoms with Crippen LogP contribution in [0.2, 0.25) is 0 Å². The number of hydrogen-bond acceptors (Lipinski definition) is 2. The topological polar surface area (TPSA) is 25.2 Å². The summed E-state index contributed by atoms with van der Waals surface area (Å²) in [7, 11) is 2.02. The summed E-state index contributed by atoms with van der Waals surface area (Å²) in [5, 5.41) is 3.46. The van der Waals surface area contributed by atoms with Crippen molar-refractivity contribution >= 4 is 0 Å². The molecule has 0 saturated carbocycles. The van der Waals surface area contributed by atoms with Crippen LogP contribution in [-0.4, -0.2) is 7.05 Å². The molecule has 0 spiro atoms. The fourth-order valence-electron chi connectivity index (χ4n) is 2.83. The van der Waals surface area contributed by atoms with Crippen LogP contribution in [0.15, 0.2) is 34.9 Å². The molecule has 1 aromatic carbocycles. The highest BCUT2D eigenvalue weighted by Gasteiger charge is 2.20. The molecule has 2 rings (SSSR count). The molecular weight excluding hydrogens is 246 g/mol. The smallest absolute Gasteiger partial charge is 0.108 e. The van der Waals surface area contributed by atoms with Gasteiger partial charge < -0.3 is 9.73 Å². The molecule has 1 atom stereocenters. The molecule has 20 heavy (non-hydrogen) atoms. The van der Waals surface area contributed by atoms with Crippen molar-refractivity contribution in [3.8, 4) is 0 Å². The molecule has 0 aliphatic carbocycles. The number of rotatable bonds is 6. The Hall–Kier alpha value is -1.54. The Balaban J connectivity index is 2.50. The van der Waals surface area contributed by atoms with E-state index in [4.69, 9.17) is 4.42 Å². The maximum absolute atomic E-state index is 5.61. The summed E-state index contributed by atoms with van der Waals surface area (Å²) >= 11 is 0. The minimum atomic E-state index is 0.213. The Kier molecular flexibility index (Phi) is 5.02. The molecule has 1 unspecified atom stereocenters. The molecule has 0 radical (unpaired) electrons. The van der Waals surface area contributed by atoms with Crippen LogP contribution in [0.4, 0.5) is 0 Å². The minimum absolute atomic E-state index is 0.213. The van der Waals surface area contributed by atoms with Crippen LogP contribution in [0.5, 0.6) is 0 Å². The lowest BCUT2D eigenvalue weighted by Gasteiger charge is -2.21. The molecule has 2 aromatic rings. The zero-order valence-corrected chi connectivity index (χ0v) is 13.0. The zero-order chi connectivity index (χ0) is 14.5. The first-order valence-corrected chi connectivity index (χ1v) is 7.60. The average Bonchev–Trinajstić information content (AvgIpc) is 2.96. The zero-order valence-electron chi connectivity index (χ0n) is 13.0. The van der Waals surface area contributed by atoms with Crippen LogP contribution >= 0.6 is 0 Å². The van der Waals surface area contributed by atoms with E-state index in [9.17, 15) is 0 Å². The van der Waals surface area contributed by atoms with E-state index in [0.29, 0.717) is 0 Å². The lowest BCUT2D eigenvalue weighted by Crippen LogP contribution is -2.20. The van der Waals surface area contributed by atoms with Gasteiger partial charge in [0.05, 0.1) is 12.3 Å². The minimum Gasteiger partial charge on any atom is -0.469 e. The predicted molar refractivity (Wildman–Crippen MR) is 84.2 cm³/mol. The van der Waals surface area contributed by atoms with Crippen LogP contribution in [0.1, 0.15) is 54.8 Å². The van der Waals surface area contributed by atoms with Crippen molar-refractivity contribution in [1.82, 2.24) is 5.32 Å². The summed E-state index contributed by atoms with van der Waals surface area (Å²) in [5.41, 5.74) is 5.44. The van der Waals surface area contributed by atoms with Crippen LogP contribution < -0.4 is 5.32 Å². The molecule has 2 heteroatoms. The van der Waals surface area contributed by atoms with E-state index in [1.54, 1.807) is 6.26 Å². The second-order valence-electron chi connectivity index (χ2n) is 5.11. The summed E-state index contributed by atoms with van der Waals surface area (Å²) in [6.45, 7) is 6.56. The Morgan fingerprint density at radius 2 is 1.80 bits per heavy atom. The van der Waals surface area contributed by atoms with Gasteiger partial charge in [-0.3, -0.25) is 0 Å². The quantitative estimate of drug-likeness (QED) is 0.848. The Morgan fingerprint density at radius 1 is 1.00 bits per heavy atom. The molecule has 1 N–H and O–H groups in total. The summed E-state index contributed by atoms with van der Waals surface area (Å²) < 4.78 is 5.61. The summed E-state index contributed by atoms with van der Waals surface area (Å²) in [6, 6.07) is 9.16. The van der Waals surface area contributed by atoms with Gasteiger partial charge in [0.15, 0.2) is 0 Å². The van der Waals surface area contributed by atoms with Crippen LogP contribution in [-0.2, 0) is 19.3 Å². The normalized spacial score (nSPS) is 12.6. The maximum Gasteiger partial charge on any atom is 0.108 e. The first-order valence-electron chi connectivity index (χ1n) is 7.60. The van der Waals surface area contributed by atoms with E-state index in [2.05, 4.69) is 50.4 Å². The van der Waals surface area contributed by atoms with Crippen LogP contribution in [0.25, 0.3) is 0 Å². The van der Waals surface area contributed by atoms with Gasteiger partial charge in [-0.1, -0.05) is 39.0 Å². The molecule has 108 valence electrons. The molecule has 1 aromatic heterocycles. The summed E-state index contributed by atoms with van der Waals surface area (Å²) in [4.78, 5) is 0. The Labute approximate surface area is 122 Å². The highest BCUT2D eigenvalue weighted by molar-refractivity contribution is 5.41. The monoisotopic (exact) mass is 271 g/mol. The van der Waals surface area contributed by atoms with Gasteiger partial charge in [-0.15, -0.1) is 0 Å². The summed E-state index contributed by atoms with van der Waals surface area (Å²) in [6.07, 6.45) is 4.85. The molecule has 0 amide bonds. The lowest BCUT2D eigenvalue weighted by atomic mass is 9.91. The fourth-order valence-corrected chi connectivity index (χ4v) is 2.83. The third kappa shape index (κ3) is 2.80. The van der Waals surface area contributed by atoms with E-state index in [0.717, 1.165) is 25.0 Å². The number of hydrogen-bond donors (Lipinski definition) is 1. The van der Waals surface area contributed by atoms with Gasteiger partial charge in [0, 0.05) is 12.0 Å². The van der Waals surface area contributed by atoms with Crippen molar-refractivity contribution in [3.63, 3.8) is 0 Å². The van der Waals surface area contributed by atoms with Gasteiger partial charge in [0.2, 0.25) is 0 Å². The van der Waals surface area contributed by atoms with Crippen molar-refractivity contribution in [1.29, 1.82) is 0 Å². The van der Waals surface area contributed by atoms with Gasteiger partial charge in [-0.2, -0.15) is 0 Å². The van der Waals surface area contributed by atoms with Gasteiger partial charge in [0.1, 0.15) is 5.76 Å². The average molecular weight is 271 g/mol. The number of nitrogens with one attached hydrogen (secondary N) is 1. The molecule has 0 saturated heterocycles. The third-order valence-electron chi connectivity index (χ3n) is 4.01. The standard InChI is InChI=1S/C18H25NO/c1-5-13-8-9-14(6-2)16(12-13)18(19-4)15-10-11-20-17(15)7-3/h8-12,18-19H,5-7H2,1-4H3. The lowest BCUT2D eigenvalue weighted by molar-refractivity contribution is 0.504. The molecule has 2 nitrogen and oxygen atoms in total. The molecule has 0 aliphatic rings. The van der Waals surface area contributed by atoms with Crippen molar-refractivity contribution in [2.75, 3.05) is 7.05 Å². The van der Waals surface area contributed by atoms with Crippen molar-refractivity contribution in [2.24, 2.45) is 0 Å². The molecule has 0 fully saturated rings. The first-order chi connectivity index (χ1) is 9.74. The molecule has 0 bridgehead atoms. The van der Waals surface area contributed by atoms with Crippen LogP contribution in [0, 0.1) is 0 Å². The van der Waals surface area contributed by atoms with Crippen molar-refractivity contribution in [2.45, 2.75) is 46.1 Å². The van der Waals surface area contributed by atoms with Gasteiger partial charge in [0.25, 0.3) is 0 Å². The van der Waals surface area contributed by atoms with E-state index >= 15 is 0 Å². The number of aryl methyl sites for hydroxylation is 3. The van der Waals surface area contributed by atoms with Gasteiger partial charge in [-0.05, 0) is 42.6 Å². The SMILES string of the molecule is CCc1ccc(CC)c(C(NC)c2ccoc2CC)c1. The number of benzene rings is 1. The Morgan fingerprint density at radius 3 is 2.40 bits per heavy atom. The molecule has 0 aliphatic heterocycles. The van der Waals surface area contributed by atoms with Crippen molar-refractivity contribution in [3.05, 3.63) is 58.5 Å². The third-order valence-corrected chi connectivity index (χ3v) is 4.01.